The van der Waals surface area contributed by atoms with E-state index in [1.807, 2.05) is 6.92 Å². The van der Waals surface area contributed by atoms with Gasteiger partial charge in [-0.15, -0.1) is 0 Å². The van der Waals surface area contributed by atoms with Crippen molar-refractivity contribution in [1.29, 1.82) is 0 Å². The highest BCUT2D eigenvalue weighted by Gasteiger charge is 2.19. The van der Waals surface area contributed by atoms with E-state index in [-0.39, 0.29) is 22.0 Å². The summed E-state index contributed by atoms with van der Waals surface area (Å²) < 4.78 is 30.7. The summed E-state index contributed by atoms with van der Waals surface area (Å²) in [5.41, 5.74) is 0.646. The topological polar surface area (TPSA) is 71.4 Å². The first-order chi connectivity index (χ1) is 8.99. The number of benzene rings is 1. The van der Waals surface area contributed by atoms with Crippen LogP contribution in [-0.2, 0) is 10.1 Å². The van der Waals surface area contributed by atoms with Gasteiger partial charge in [-0.3, -0.25) is 9.35 Å². The Morgan fingerprint density at radius 3 is 2.10 bits per heavy atom. The van der Waals surface area contributed by atoms with Gasteiger partial charge in [0.05, 0.1) is 4.90 Å². The monoisotopic (exact) mass is 298 g/mol. The van der Waals surface area contributed by atoms with Gasteiger partial charge in [0.25, 0.3) is 10.1 Å². The van der Waals surface area contributed by atoms with Crippen LogP contribution in [0, 0.1) is 11.3 Å². The van der Waals surface area contributed by atoms with E-state index in [9.17, 15) is 13.2 Å². The molecule has 0 aliphatic carbocycles. The zero-order valence-electron chi connectivity index (χ0n) is 12.4. The van der Waals surface area contributed by atoms with Gasteiger partial charge < -0.3 is 0 Å². The van der Waals surface area contributed by atoms with Crippen molar-refractivity contribution in [3.8, 4) is 0 Å². The molecule has 0 aliphatic heterocycles. The summed E-state index contributed by atoms with van der Waals surface area (Å²) >= 11 is 0. The van der Waals surface area contributed by atoms with Gasteiger partial charge in [-0.2, -0.15) is 8.42 Å². The first-order valence-corrected chi connectivity index (χ1v) is 8.04. The molecule has 0 aromatic heterocycles. The summed E-state index contributed by atoms with van der Waals surface area (Å²) in [6, 6.07) is 5.37. The molecule has 4 nitrogen and oxygen atoms in total. The third-order valence-electron chi connectivity index (χ3n) is 2.97. The summed E-state index contributed by atoms with van der Waals surface area (Å²) in [6.07, 6.45) is 1.38. The molecule has 0 heterocycles. The van der Waals surface area contributed by atoms with E-state index in [0.29, 0.717) is 12.0 Å². The third kappa shape index (κ3) is 5.43. The van der Waals surface area contributed by atoms with E-state index in [4.69, 9.17) is 4.55 Å². The highest BCUT2D eigenvalue weighted by molar-refractivity contribution is 7.85. The normalized spacial score (nSPS) is 14.1. The molecule has 0 saturated heterocycles. The first-order valence-electron chi connectivity index (χ1n) is 6.60. The van der Waals surface area contributed by atoms with E-state index in [0.717, 1.165) is 6.42 Å². The number of rotatable bonds is 5. The predicted octanol–water partition coefficient (Wildman–Crippen LogP) is 3.58. The maximum Gasteiger partial charge on any atom is 0.294 e. The molecule has 0 saturated carbocycles. The van der Waals surface area contributed by atoms with Crippen molar-refractivity contribution < 1.29 is 17.8 Å². The van der Waals surface area contributed by atoms with Crippen molar-refractivity contribution in [3.05, 3.63) is 29.8 Å². The Balaban J connectivity index is 2.74. The minimum atomic E-state index is -4.20. The maximum atomic E-state index is 12.1. The average molecular weight is 298 g/mol. The molecule has 0 fully saturated rings. The lowest BCUT2D eigenvalue weighted by Gasteiger charge is -2.22. The standard InChI is InChI=1S/C15H22O4S/c1-11(10-15(2,3)4)9-14(16)12-5-7-13(8-6-12)20(17,18)19/h5-8,11H,9-10H2,1-4H3,(H,17,18,19). The Kier molecular flexibility index (Phi) is 5.10. The second-order valence-corrected chi connectivity index (χ2v) is 7.92. The van der Waals surface area contributed by atoms with Crippen LogP contribution >= 0.6 is 0 Å². The van der Waals surface area contributed by atoms with Crippen molar-refractivity contribution in [2.45, 2.75) is 45.4 Å². The van der Waals surface area contributed by atoms with Crippen LogP contribution in [0.1, 0.15) is 50.9 Å². The highest BCUT2D eigenvalue weighted by Crippen LogP contribution is 2.27. The van der Waals surface area contributed by atoms with Crippen molar-refractivity contribution in [2.75, 3.05) is 0 Å². The molecule has 0 amide bonds. The number of carbonyl (C=O) groups excluding carboxylic acids is 1. The summed E-state index contributed by atoms with van der Waals surface area (Å²) in [5, 5.41) is 0. The number of ketones is 1. The van der Waals surface area contributed by atoms with Crippen LogP contribution in [0.3, 0.4) is 0 Å². The molecule has 1 aromatic rings. The summed E-state index contributed by atoms with van der Waals surface area (Å²) in [4.78, 5) is 11.9. The zero-order chi connectivity index (χ0) is 15.6. The quantitative estimate of drug-likeness (QED) is 0.666. The molecule has 112 valence electrons. The fraction of sp³-hybridized carbons (Fsp3) is 0.533. The first kappa shape index (κ1) is 16.9. The van der Waals surface area contributed by atoms with Gasteiger partial charge in [0.15, 0.2) is 5.78 Å². The summed E-state index contributed by atoms with van der Waals surface area (Å²) in [7, 11) is -4.20. The Hall–Kier alpha value is -1.20. The van der Waals surface area contributed by atoms with Gasteiger partial charge in [0.2, 0.25) is 0 Å². The van der Waals surface area contributed by atoms with Crippen molar-refractivity contribution in [1.82, 2.24) is 0 Å². The van der Waals surface area contributed by atoms with Gasteiger partial charge >= 0.3 is 0 Å². The molecule has 0 bridgehead atoms. The Morgan fingerprint density at radius 1 is 1.20 bits per heavy atom. The number of carbonyl (C=O) groups is 1. The molecule has 5 heteroatoms. The minimum absolute atomic E-state index is 0.0105. The number of hydrogen-bond acceptors (Lipinski definition) is 3. The summed E-state index contributed by atoms with van der Waals surface area (Å²) in [5.74, 6) is 0.257. The van der Waals surface area contributed by atoms with Gasteiger partial charge in [-0.25, -0.2) is 0 Å². The van der Waals surface area contributed by atoms with E-state index >= 15 is 0 Å². The second-order valence-electron chi connectivity index (χ2n) is 6.50. The van der Waals surface area contributed by atoms with Gasteiger partial charge in [0.1, 0.15) is 0 Å². The number of hydrogen-bond donors (Lipinski definition) is 1. The zero-order valence-corrected chi connectivity index (χ0v) is 13.2. The molecular weight excluding hydrogens is 276 g/mol. The molecular formula is C15H22O4S. The summed E-state index contributed by atoms with van der Waals surface area (Å²) in [6.45, 7) is 8.44. The molecule has 0 aliphatic rings. The average Bonchev–Trinajstić information content (AvgIpc) is 2.25. The lowest BCUT2D eigenvalue weighted by atomic mass is 9.83. The van der Waals surface area contributed by atoms with Crippen LogP contribution in [0.4, 0.5) is 0 Å². The van der Waals surface area contributed by atoms with E-state index in [1.54, 1.807) is 0 Å². The maximum absolute atomic E-state index is 12.1. The molecule has 1 N–H and O–H groups in total. The molecule has 1 rings (SSSR count). The third-order valence-corrected chi connectivity index (χ3v) is 3.84. The van der Waals surface area contributed by atoms with E-state index in [1.165, 1.54) is 24.3 Å². The lowest BCUT2D eigenvalue weighted by molar-refractivity contribution is 0.0954. The molecule has 1 unspecified atom stereocenters. The van der Waals surface area contributed by atoms with Crippen LogP contribution in [0.15, 0.2) is 29.2 Å². The molecule has 0 spiro atoms. The van der Waals surface area contributed by atoms with E-state index in [2.05, 4.69) is 20.8 Å². The highest BCUT2D eigenvalue weighted by atomic mass is 32.2. The Morgan fingerprint density at radius 2 is 1.70 bits per heavy atom. The molecule has 20 heavy (non-hydrogen) atoms. The van der Waals surface area contributed by atoms with Crippen molar-refractivity contribution >= 4 is 15.9 Å². The van der Waals surface area contributed by atoms with Gasteiger partial charge in [0, 0.05) is 12.0 Å². The fourth-order valence-corrected chi connectivity index (χ4v) is 2.84. The second kappa shape index (κ2) is 6.06. The molecule has 1 atom stereocenters. The number of Topliss-reactive ketones (excluding diaryl/α,β-unsaturated/α-hetero) is 1. The minimum Gasteiger partial charge on any atom is -0.294 e. The fourth-order valence-electron chi connectivity index (χ4n) is 2.36. The van der Waals surface area contributed by atoms with Gasteiger partial charge in [-0.1, -0.05) is 39.8 Å². The Labute approximate surface area is 121 Å². The lowest BCUT2D eigenvalue weighted by Crippen LogP contribution is -2.14. The van der Waals surface area contributed by atoms with Crippen LogP contribution < -0.4 is 0 Å². The van der Waals surface area contributed by atoms with Crippen LogP contribution in [0.5, 0.6) is 0 Å². The van der Waals surface area contributed by atoms with Crippen LogP contribution in [0.2, 0.25) is 0 Å². The Bertz CT molecular complexity index is 565. The van der Waals surface area contributed by atoms with Crippen LogP contribution in [-0.4, -0.2) is 18.8 Å². The van der Waals surface area contributed by atoms with Crippen molar-refractivity contribution in [3.63, 3.8) is 0 Å². The molecule has 0 radical (unpaired) electrons. The van der Waals surface area contributed by atoms with E-state index < -0.39 is 10.1 Å². The van der Waals surface area contributed by atoms with Crippen molar-refractivity contribution in [2.24, 2.45) is 11.3 Å². The van der Waals surface area contributed by atoms with Crippen LogP contribution in [0.25, 0.3) is 0 Å². The predicted molar refractivity (Wildman–Crippen MR) is 78.4 cm³/mol. The van der Waals surface area contributed by atoms with Gasteiger partial charge in [-0.05, 0) is 29.9 Å². The largest absolute Gasteiger partial charge is 0.294 e. The SMILES string of the molecule is CC(CC(=O)c1ccc(S(=O)(=O)O)cc1)CC(C)(C)C. The molecule has 1 aromatic carbocycles. The smallest absolute Gasteiger partial charge is 0.294 e.